The highest BCUT2D eigenvalue weighted by molar-refractivity contribution is 7.95. The molecule has 0 fully saturated rings. The van der Waals surface area contributed by atoms with Gasteiger partial charge in [-0.15, -0.1) is 0 Å². The van der Waals surface area contributed by atoms with Gasteiger partial charge in [0, 0.05) is 26.5 Å². The van der Waals surface area contributed by atoms with Gasteiger partial charge in [-0.1, -0.05) is 6.07 Å². The molecule has 0 aliphatic carbocycles. The van der Waals surface area contributed by atoms with E-state index >= 15 is 0 Å². The summed E-state index contributed by atoms with van der Waals surface area (Å²) in [6.07, 6.45) is 2.63. The number of nitriles is 1. The summed E-state index contributed by atoms with van der Waals surface area (Å²) in [6, 6.07) is 6.19. The van der Waals surface area contributed by atoms with Gasteiger partial charge in [-0.05, 0) is 12.1 Å². The normalized spacial score (nSPS) is 11.9. The Labute approximate surface area is 94.6 Å². The number of sulfone groups is 1. The fourth-order valence-corrected chi connectivity index (χ4v) is 2.16. The molecule has 0 aromatic carbocycles. The van der Waals surface area contributed by atoms with Crippen LogP contribution in [0.1, 0.15) is 0 Å². The molecule has 0 unspecified atom stereocenters. The number of nitrogens with zero attached hydrogens (tertiary/aromatic N) is 3. The maximum atomic E-state index is 11.9. The van der Waals surface area contributed by atoms with Crippen LogP contribution >= 0.6 is 0 Å². The molecule has 0 atom stereocenters. The van der Waals surface area contributed by atoms with Crippen LogP contribution in [-0.4, -0.2) is 32.4 Å². The Morgan fingerprint density at radius 3 is 2.62 bits per heavy atom. The predicted octanol–water partition coefficient (Wildman–Crippen LogP) is 0.782. The highest BCUT2D eigenvalue weighted by Crippen LogP contribution is 2.15. The number of hydrogen-bond acceptors (Lipinski definition) is 5. The molecule has 16 heavy (non-hydrogen) atoms. The molecule has 84 valence electrons. The first-order valence-corrected chi connectivity index (χ1v) is 5.91. The van der Waals surface area contributed by atoms with Crippen LogP contribution in [0.4, 0.5) is 0 Å². The van der Waals surface area contributed by atoms with E-state index in [1.165, 1.54) is 23.4 Å². The SMILES string of the molecule is CN(C)C=C(C#N)S(=O)(=O)c1ccccn1. The maximum absolute atomic E-state index is 11.9. The summed E-state index contributed by atoms with van der Waals surface area (Å²) in [5, 5.41) is 8.70. The molecule has 1 aromatic heterocycles. The summed E-state index contributed by atoms with van der Waals surface area (Å²) in [5.74, 6) is 0. The first-order valence-electron chi connectivity index (χ1n) is 4.43. The molecule has 0 saturated carbocycles. The zero-order valence-corrected chi connectivity index (χ0v) is 9.77. The van der Waals surface area contributed by atoms with Gasteiger partial charge in [-0.25, -0.2) is 13.4 Å². The number of rotatable bonds is 3. The van der Waals surface area contributed by atoms with Crippen LogP contribution in [0, 0.1) is 11.3 Å². The van der Waals surface area contributed by atoms with E-state index in [0.29, 0.717) is 0 Å². The van der Waals surface area contributed by atoms with Crippen molar-refractivity contribution in [2.24, 2.45) is 0 Å². The second-order valence-corrected chi connectivity index (χ2v) is 5.11. The molecule has 0 spiro atoms. The Bertz CT molecular complexity index is 527. The summed E-state index contributed by atoms with van der Waals surface area (Å²) in [6.45, 7) is 0. The first kappa shape index (κ1) is 12.2. The number of hydrogen-bond donors (Lipinski definition) is 0. The van der Waals surface area contributed by atoms with Gasteiger partial charge in [0.1, 0.15) is 6.07 Å². The standard InChI is InChI=1S/C10H11N3O2S/c1-13(2)8-9(7-11)16(14,15)10-5-3-4-6-12-10/h3-6,8H,1-2H3. The lowest BCUT2D eigenvalue weighted by atomic mass is 10.5. The van der Waals surface area contributed by atoms with Crippen LogP contribution in [0.3, 0.4) is 0 Å². The van der Waals surface area contributed by atoms with E-state index in [1.54, 1.807) is 32.3 Å². The molecule has 0 aliphatic heterocycles. The Balaban J connectivity index is 3.28. The van der Waals surface area contributed by atoms with Gasteiger partial charge in [-0.3, -0.25) is 0 Å². The molecule has 5 nitrogen and oxygen atoms in total. The molecular weight excluding hydrogens is 226 g/mol. The van der Waals surface area contributed by atoms with Gasteiger partial charge in [0.15, 0.2) is 9.93 Å². The van der Waals surface area contributed by atoms with Gasteiger partial charge in [0.05, 0.1) is 0 Å². The van der Waals surface area contributed by atoms with Crippen molar-refractivity contribution in [1.82, 2.24) is 9.88 Å². The number of aromatic nitrogens is 1. The molecule has 1 aromatic rings. The molecule has 0 amide bonds. The predicted molar refractivity (Wildman–Crippen MR) is 58.8 cm³/mol. The summed E-state index contributed by atoms with van der Waals surface area (Å²) < 4.78 is 23.8. The highest BCUT2D eigenvalue weighted by Gasteiger charge is 2.21. The fraction of sp³-hybridized carbons (Fsp3) is 0.200. The van der Waals surface area contributed by atoms with E-state index in [-0.39, 0.29) is 9.93 Å². The van der Waals surface area contributed by atoms with Crippen molar-refractivity contribution < 1.29 is 8.42 Å². The van der Waals surface area contributed by atoms with Crippen LogP contribution in [-0.2, 0) is 9.84 Å². The monoisotopic (exact) mass is 237 g/mol. The van der Waals surface area contributed by atoms with Crippen LogP contribution in [0.5, 0.6) is 0 Å². The molecule has 0 aliphatic rings. The maximum Gasteiger partial charge on any atom is 0.235 e. The molecule has 0 radical (unpaired) electrons. The average molecular weight is 237 g/mol. The zero-order chi connectivity index (χ0) is 12.2. The fourth-order valence-electron chi connectivity index (χ4n) is 1.01. The molecule has 1 rings (SSSR count). The average Bonchev–Trinajstić information content (AvgIpc) is 2.26. The van der Waals surface area contributed by atoms with Gasteiger partial charge in [0.2, 0.25) is 9.84 Å². The lowest BCUT2D eigenvalue weighted by Gasteiger charge is -2.06. The Morgan fingerprint density at radius 2 is 2.19 bits per heavy atom. The van der Waals surface area contributed by atoms with Crippen LogP contribution < -0.4 is 0 Å². The van der Waals surface area contributed by atoms with Crippen LogP contribution in [0.25, 0.3) is 0 Å². The van der Waals surface area contributed by atoms with Crippen molar-refractivity contribution in [3.8, 4) is 6.07 Å². The summed E-state index contributed by atoms with van der Waals surface area (Å²) in [5.41, 5.74) is 0. The molecular formula is C10H11N3O2S. The minimum absolute atomic E-state index is 0.121. The molecule has 1 heterocycles. The number of pyridine rings is 1. The summed E-state index contributed by atoms with van der Waals surface area (Å²) in [7, 11) is -0.511. The largest absolute Gasteiger partial charge is 0.382 e. The summed E-state index contributed by atoms with van der Waals surface area (Å²) >= 11 is 0. The van der Waals surface area contributed by atoms with E-state index in [9.17, 15) is 8.42 Å². The quantitative estimate of drug-likeness (QED) is 0.726. The third-order valence-corrected chi connectivity index (χ3v) is 3.26. The van der Waals surface area contributed by atoms with Crippen LogP contribution in [0.2, 0.25) is 0 Å². The smallest absolute Gasteiger partial charge is 0.235 e. The Hall–Kier alpha value is -1.87. The van der Waals surface area contributed by atoms with E-state index in [0.717, 1.165) is 0 Å². The van der Waals surface area contributed by atoms with Crippen molar-refractivity contribution in [2.75, 3.05) is 14.1 Å². The minimum atomic E-state index is -3.80. The second kappa shape index (κ2) is 4.77. The zero-order valence-electron chi connectivity index (χ0n) is 8.95. The lowest BCUT2D eigenvalue weighted by Crippen LogP contribution is -2.10. The minimum Gasteiger partial charge on any atom is -0.382 e. The van der Waals surface area contributed by atoms with Gasteiger partial charge >= 0.3 is 0 Å². The molecule has 6 heteroatoms. The van der Waals surface area contributed by atoms with Crippen molar-refractivity contribution in [3.63, 3.8) is 0 Å². The second-order valence-electron chi connectivity index (χ2n) is 3.24. The summed E-state index contributed by atoms with van der Waals surface area (Å²) in [4.78, 5) is 4.90. The lowest BCUT2D eigenvalue weighted by molar-refractivity contribution is 0.558. The Kier molecular flexibility index (Phi) is 3.64. The van der Waals surface area contributed by atoms with Gasteiger partial charge in [-0.2, -0.15) is 5.26 Å². The van der Waals surface area contributed by atoms with E-state index < -0.39 is 9.84 Å². The van der Waals surface area contributed by atoms with E-state index in [1.807, 2.05) is 0 Å². The van der Waals surface area contributed by atoms with Crippen molar-refractivity contribution in [2.45, 2.75) is 5.03 Å². The van der Waals surface area contributed by atoms with E-state index in [4.69, 9.17) is 5.26 Å². The number of allylic oxidation sites excluding steroid dienone is 1. The molecule has 0 N–H and O–H groups in total. The van der Waals surface area contributed by atoms with Gasteiger partial charge < -0.3 is 4.90 Å². The molecule has 0 saturated heterocycles. The van der Waals surface area contributed by atoms with Crippen LogP contribution in [0.15, 0.2) is 40.5 Å². The third-order valence-electron chi connectivity index (χ3n) is 1.69. The molecule has 0 bridgehead atoms. The Morgan fingerprint density at radius 1 is 1.50 bits per heavy atom. The van der Waals surface area contributed by atoms with E-state index in [2.05, 4.69) is 4.98 Å². The van der Waals surface area contributed by atoms with Crippen molar-refractivity contribution in [1.29, 1.82) is 5.26 Å². The highest BCUT2D eigenvalue weighted by atomic mass is 32.2. The van der Waals surface area contributed by atoms with Crippen molar-refractivity contribution >= 4 is 9.84 Å². The third kappa shape index (κ3) is 2.58. The van der Waals surface area contributed by atoms with Gasteiger partial charge in [0.25, 0.3) is 0 Å². The topological polar surface area (TPSA) is 74.1 Å². The first-order chi connectivity index (χ1) is 7.48. The van der Waals surface area contributed by atoms with Crippen molar-refractivity contribution in [3.05, 3.63) is 35.5 Å².